The fourth-order valence-corrected chi connectivity index (χ4v) is 2.88. The Kier molecular flexibility index (Phi) is 8.13. The van der Waals surface area contributed by atoms with Crippen LogP contribution in [-0.4, -0.2) is 75.1 Å². The Labute approximate surface area is 160 Å². The molecule has 1 aliphatic rings. The zero-order chi connectivity index (χ0) is 19.6. The lowest BCUT2D eigenvalue weighted by atomic mass is 10.2. The van der Waals surface area contributed by atoms with E-state index in [1.807, 2.05) is 25.1 Å². The molecule has 1 N–H and O–H groups in total. The van der Waals surface area contributed by atoms with E-state index < -0.39 is 0 Å². The number of hydrogen-bond acceptors (Lipinski definition) is 5. The van der Waals surface area contributed by atoms with Crippen LogP contribution in [0.2, 0.25) is 0 Å². The highest BCUT2D eigenvalue weighted by Gasteiger charge is 2.21. The summed E-state index contributed by atoms with van der Waals surface area (Å²) in [5, 5.41) is 2.88. The van der Waals surface area contributed by atoms with Crippen molar-refractivity contribution in [2.75, 3.05) is 53.5 Å². The molecule has 0 spiro atoms. The van der Waals surface area contributed by atoms with Crippen molar-refractivity contribution >= 4 is 17.9 Å². The van der Waals surface area contributed by atoms with Crippen molar-refractivity contribution in [3.05, 3.63) is 29.8 Å². The quantitative estimate of drug-likeness (QED) is 0.695. The van der Waals surface area contributed by atoms with E-state index in [0.717, 1.165) is 12.0 Å². The number of piperazine rings is 1. The summed E-state index contributed by atoms with van der Waals surface area (Å²) < 4.78 is 10.5. The van der Waals surface area contributed by atoms with Crippen molar-refractivity contribution in [1.82, 2.24) is 15.1 Å². The molecular formula is C20H29N3O4. The van der Waals surface area contributed by atoms with Crippen LogP contribution in [0.4, 0.5) is 0 Å². The highest BCUT2D eigenvalue weighted by atomic mass is 16.5. The van der Waals surface area contributed by atoms with Gasteiger partial charge in [0.1, 0.15) is 0 Å². The summed E-state index contributed by atoms with van der Waals surface area (Å²) in [6.45, 7) is 5.78. The van der Waals surface area contributed by atoms with Gasteiger partial charge in [0.05, 0.1) is 20.8 Å². The zero-order valence-electron chi connectivity index (χ0n) is 16.4. The molecule has 0 radical (unpaired) electrons. The predicted octanol–water partition coefficient (Wildman–Crippen LogP) is 1.39. The molecule has 1 aromatic carbocycles. The first-order valence-electron chi connectivity index (χ1n) is 9.25. The third kappa shape index (κ3) is 6.29. The lowest BCUT2D eigenvalue weighted by Gasteiger charge is -2.33. The Balaban J connectivity index is 1.83. The van der Waals surface area contributed by atoms with E-state index in [1.54, 1.807) is 31.3 Å². The number of rotatable bonds is 8. The maximum absolute atomic E-state index is 12.4. The van der Waals surface area contributed by atoms with Crippen molar-refractivity contribution in [1.29, 1.82) is 0 Å². The number of ether oxygens (including phenoxy) is 2. The number of nitrogens with zero attached hydrogens (tertiary/aromatic N) is 2. The van der Waals surface area contributed by atoms with Gasteiger partial charge in [0.25, 0.3) is 0 Å². The molecule has 0 saturated carbocycles. The summed E-state index contributed by atoms with van der Waals surface area (Å²) in [5.41, 5.74) is 0.868. The van der Waals surface area contributed by atoms with E-state index in [1.165, 1.54) is 0 Å². The van der Waals surface area contributed by atoms with Gasteiger partial charge in [-0.25, -0.2) is 0 Å². The Hall–Kier alpha value is -2.54. The third-order valence-corrected chi connectivity index (χ3v) is 4.45. The Morgan fingerprint density at radius 3 is 2.44 bits per heavy atom. The van der Waals surface area contributed by atoms with Gasteiger partial charge in [0.15, 0.2) is 11.5 Å². The molecule has 27 heavy (non-hydrogen) atoms. The smallest absolute Gasteiger partial charge is 0.246 e. The van der Waals surface area contributed by atoms with E-state index in [9.17, 15) is 9.59 Å². The molecule has 0 bridgehead atoms. The van der Waals surface area contributed by atoms with Gasteiger partial charge in [-0.2, -0.15) is 0 Å². The Morgan fingerprint density at radius 2 is 1.81 bits per heavy atom. The Morgan fingerprint density at radius 1 is 1.11 bits per heavy atom. The van der Waals surface area contributed by atoms with Crippen LogP contribution >= 0.6 is 0 Å². The normalized spacial score (nSPS) is 15.0. The van der Waals surface area contributed by atoms with Gasteiger partial charge in [-0.1, -0.05) is 13.0 Å². The molecule has 0 aliphatic carbocycles. The minimum absolute atomic E-state index is 0.0279. The number of nitrogens with one attached hydrogen (secondary N) is 1. The molecule has 148 valence electrons. The first kappa shape index (κ1) is 20.8. The first-order chi connectivity index (χ1) is 13.1. The lowest BCUT2D eigenvalue weighted by Crippen LogP contribution is -2.50. The van der Waals surface area contributed by atoms with Crippen molar-refractivity contribution in [2.45, 2.75) is 13.3 Å². The van der Waals surface area contributed by atoms with Gasteiger partial charge in [0, 0.05) is 38.8 Å². The fourth-order valence-electron chi connectivity index (χ4n) is 2.88. The van der Waals surface area contributed by atoms with Crippen molar-refractivity contribution in [2.24, 2.45) is 0 Å². The molecule has 1 fully saturated rings. The van der Waals surface area contributed by atoms with Gasteiger partial charge in [-0.15, -0.1) is 0 Å². The van der Waals surface area contributed by atoms with E-state index in [2.05, 4.69) is 10.2 Å². The van der Waals surface area contributed by atoms with Crippen molar-refractivity contribution in [3.8, 4) is 11.5 Å². The van der Waals surface area contributed by atoms with E-state index in [-0.39, 0.29) is 11.8 Å². The minimum atomic E-state index is -0.0279. The van der Waals surface area contributed by atoms with Gasteiger partial charge in [-0.3, -0.25) is 14.5 Å². The van der Waals surface area contributed by atoms with Gasteiger partial charge in [0.2, 0.25) is 11.8 Å². The van der Waals surface area contributed by atoms with Crippen LogP contribution in [0, 0.1) is 0 Å². The van der Waals surface area contributed by atoms with Crippen LogP contribution < -0.4 is 14.8 Å². The van der Waals surface area contributed by atoms with Crippen LogP contribution in [-0.2, 0) is 9.59 Å². The van der Waals surface area contributed by atoms with Crippen LogP contribution in [0.3, 0.4) is 0 Å². The lowest BCUT2D eigenvalue weighted by molar-refractivity contribution is -0.128. The number of benzene rings is 1. The van der Waals surface area contributed by atoms with E-state index in [4.69, 9.17) is 9.47 Å². The van der Waals surface area contributed by atoms with Crippen LogP contribution in [0.15, 0.2) is 24.3 Å². The summed E-state index contributed by atoms with van der Waals surface area (Å²) in [7, 11) is 3.17. The van der Waals surface area contributed by atoms with Crippen molar-refractivity contribution < 1.29 is 19.1 Å². The number of amides is 2. The van der Waals surface area contributed by atoms with Gasteiger partial charge < -0.3 is 19.7 Å². The number of carbonyl (C=O) groups is 2. The summed E-state index contributed by atoms with van der Waals surface area (Å²) in [6, 6.07) is 5.51. The molecule has 2 rings (SSSR count). The van der Waals surface area contributed by atoms with Gasteiger partial charge >= 0.3 is 0 Å². The molecule has 1 heterocycles. The molecule has 0 unspecified atom stereocenters. The standard InChI is InChI=1S/C20H29N3O4/c1-4-9-21-19(24)15-22-10-12-23(13-11-22)20(25)8-6-16-5-7-17(26-2)18(14-16)27-3/h5-8,14H,4,9-13,15H2,1-3H3,(H,21,24)/b8-6+. The summed E-state index contributed by atoms with van der Waals surface area (Å²) >= 11 is 0. The topological polar surface area (TPSA) is 71.1 Å². The van der Waals surface area contributed by atoms with Gasteiger partial charge in [-0.05, 0) is 30.2 Å². The number of methoxy groups -OCH3 is 2. The maximum atomic E-state index is 12.4. The maximum Gasteiger partial charge on any atom is 0.246 e. The highest BCUT2D eigenvalue weighted by molar-refractivity contribution is 5.92. The predicted molar refractivity (Wildman–Crippen MR) is 105 cm³/mol. The third-order valence-electron chi connectivity index (χ3n) is 4.45. The molecule has 0 aromatic heterocycles. The minimum Gasteiger partial charge on any atom is -0.493 e. The average molecular weight is 375 g/mol. The van der Waals surface area contributed by atoms with Crippen LogP contribution in [0.5, 0.6) is 11.5 Å². The number of carbonyl (C=O) groups excluding carboxylic acids is 2. The average Bonchev–Trinajstić information content (AvgIpc) is 2.70. The summed E-state index contributed by atoms with van der Waals surface area (Å²) in [6.07, 6.45) is 4.28. The molecule has 7 nitrogen and oxygen atoms in total. The molecule has 1 aromatic rings. The first-order valence-corrected chi connectivity index (χ1v) is 9.25. The largest absolute Gasteiger partial charge is 0.493 e. The van der Waals surface area contributed by atoms with Crippen LogP contribution in [0.1, 0.15) is 18.9 Å². The second-order valence-corrected chi connectivity index (χ2v) is 6.40. The number of hydrogen-bond donors (Lipinski definition) is 1. The van der Waals surface area contributed by atoms with Crippen molar-refractivity contribution in [3.63, 3.8) is 0 Å². The molecule has 1 aliphatic heterocycles. The summed E-state index contributed by atoms with van der Waals surface area (Å²) in [4.78, 5) is 28.1. The van der Waals surface area contributed by atoms with E-state index >= 15 is 0 Å². The monoisotopic (exact) mass is 375 g/mol. The SMILES string of the molecule is CCCNC(=O)CN1CCN(C(=O)/C=C/c2ccc(OC)c(OC)c2)CC1. The second-order valence-electron chi connectivity index (χ2n) is 6.40. The zero-order valence-corrected chi connectivity index (χ0v) is 16.4. The highest BCUT2D eigenvalue weighted by Crippen LogP contribution is 2.27. The molecular weight excluding hydrogens is 346 g/mol. The summed E-state index contributed by atoms with van der Waals surface area (Å²) in [5.74, 6) is 1.30. The molecule has 7 heteroatoms. The molecule has 0 atom stereocenters. The van der Waals surface area contributed by atoms with Crippen LogP contribution in [0.25, 0.3) is 6.08 Å². The fraction of sp³-hybridized carbons (Fsp3) is 0.500. The van der Waals surface area contributed by atoms with E-state index in [0.29, 0.717) is 50.8 Å². The Bertz CT molecular complexity index is 667. The second kappa shape index (κ2) is 10.6. The molecule has 1 saturated heterocycles. The molecule has 2 amide bonds.